The molecule has 1 aliphatic heterocycles. The molecule has 0 bridgehead atoms. The molecule has 0 saturated heterocycles. The highest BCUT2D eigenvalue weighted by Gasteiger charge is 2.24. The Hall–Kier alpha value is -0.770. The minimum absolute atomic E-state index is 0.551. The van der Waals surface area contributed by atoms with Gasteiger partial charge in [0, 0.05) is 14.6 Å². The number of fused-ring (bicyclic) bond motifs is 1. The summed E-state index contributed by atoms with van der Waals surface area (Å²) in [6.07, 6.45) is 3.44. The van der Waals surface area contributed by atoms with Crippen LogP contribution in [0.1, 0.15) is 17.5 Å². The molecule has 2 N–H and O–H groups in total. The predicted octanol–water partition coefficient (Wildman–Crippen LogP) is 4.67. The average molecular weight is 362 g/mol. The molecule has 3 heteroatoms. The molecule has 3 rings (SSSR count). The lowest BCUT2D eigenvalue weighted by Crippen LogP contribution is -2.21. The van der Waals surface area contributed by atoms with Crippen molar-refractivity contribution in [3.63, 3.8) is 0 Å². The molecule has 0 saturated carbocycles. The van der Waals surface area contributed by atoms with Crippen LogP contribution in [0.25, 0.3) is 0 Å². The maximum Gasteiger partial charge on any atom is 0.0207 e. The van der Waals surface area contributed by atoms with E-state index >= 15 is 0 Å². The average Bonchev–Trinajstić information content (AvgIpc) is 2.91. The van der Waals surface area contributed by atoms with E-state index in [9.17, 15) is 0 Å². The first-order valence-corrected chi connectivity index (χ1v) is 9.11. The van der Waals surface area contributed by atoms with Crippen LogP contribution in [0.5, 0.6) is 0 Å². The quantitative estimate of drug-likeness (QED) is 0.836. The number of rotatable bonds is 5. The van der Waals surface area contributed by atoms with Crippen LogP contribution in [0, 0.1) is 5.92 Å². The lowest BCUT2D eigenvalue weighted by Gasteiger charge is -2.19. The van der Waals surface area contributed by atoms with Gasteiger partial charge >= 0.3 is 0 Å². The third-order valence-electron chi connectivity index (χ3n) is 4.11. The minimum Gasteiger partial charge on any atom is -0.330 e. The molecule has 0 fully saturated rings. The van der Waals surface area contributed by atoms with Gasteiger partial charge in [-0.3, -0.25) is 0 Å². The highest BCUT2D eigenvalue weighted by atomic mass is 79.9. The van der Waals surface area contributed by atoms with Crippen molar-refractivity contribution in [3.8, 4) is 0 Å². The van der Waals surface area contributed by atoms with Crippen LogP contribution in [0.4, 0.5) is 0 Å². The predicted molar refractivity (Wildman–Crippen MR) is 94.8 cm³/mol. The molecule has 0 aliphatic carbocycles. The van der Waals surface area contributed by atoms with Gasteiger partial charge in [-0.05, 0) is 55.0 Å². The molecule has 1 aliphatic rings. The summed E-state index contributed by atoms with van der Waals surface area (Å²) in [6, 6.07) is 17.3. The second kappa shape index (κ2) is 6.99. The Morgan fingerprint density at radius 2 is 1.90 bits per heavy atom. The topological polar surface area (TPSA) is 26.0 Å². The summed E-state index contributed by atoms with van der Waals surface area (Å²) in [7, 11) is 0. The van der Waals surface area contributed by atoms with Crippen LogP contribution < -0.4 is 5.73 Å². The Bertz CT molecular complexity index is 589. The lowest BCUT2D eigenvalue weighted by molar-refractivity contribution is 0.484. The maximum absolute atomic E-state index is 6.03. The molecule has 110 valence electrons. The van der Waals surface area contributed by atoms with E-state index in [4.69, 9.17) is 5.73 Å². The van der Waals surface area contributed by atoms with Crippen LogP contribution in [0.15, 0.2) is 57.9 Å². The summed E-state index contributed by atoms with van der Waals surface area (Å²) >= 11 is 5.67. The minimum atomic E-state index is 0.551. The van der Waals surface area contributed by atoms with Gasteiger partial charge < -0.3 is 5.73 Å². The molecule has 2 unspecified atom stereocenters. The second-order valence-electron chi connectivity index (χ2n) is 5.68. The number of nitrogens with two attached hydrogens (primary N) is 1. The number of hydrogen-bond donors (Lipinski definition) is 1. The second-order valence-corrected chi connectivity index (χ2v) is 7.88. The van der Waals surface area contributed by atoms with Crippen molar-refractivity contribution in [2.24, 2.45) is 11.7 Å². The van der Waals surface area contributed by atoms with Gasteiger partial charge in [0.1, 0.15) is 0 Å². The molecule has 0 amide bonds. The zero-order valence-corrected chi connectivity index (χ0v) is 14.4. The van der Waals surface area contributed by atoms with Crippen LogP contribution in [-0.4, -0.2) is 11.8 Å². The van der Waals surface area contributed by atoms with E-state index in [0.29, 0.717) is 11.2 Å². The summed E-state index contributed by atoms with van der Waals surface area (Å²) in [4.78, 5) is 1.46. The van der Waals surface area contributed by atoms with Crippen molar-refractivity contribution >= 4 is 27.7 Å². The number of benzene rings is 2. The first kappa shape index (κ1) is 15.1. The van der Waals surface area contributed by atoms with Gasteiger partial charge in [-0.15, -0.1) is 11.8 Å². The summed E-state index contributed by atoms with van der Waals surface area (Å²) in [6.45, 7) is 0.759. The van der Waals surface area contributed by atoms with Gasteiger partial charge in [0.25, 0.3) is 0 Å². The Balaban J connectivity index is 1.63. The molecule has 2 atom stereocenters. The number of halogens is 1. The standard InChI is InChI=1S/C18H20BrNS/c19-17-7-3-1-5-14(17)9-13(12-20)10-16-11-15-6-2-4-8-18(15)21-16/h1-8,13,16H,9-12,20H2. The summed E-state index contributed by atoms with van der Waals surface area (Å²) < 4.78 is 1.20. The zero-order valence-electron chi connectivity index (χ0n) is 12.0. The third kappa shape index (κ3) is 3.71. The van der Waals surface area contributed by atoms with E-state index in [1.165, 1.54) is 33.3 Å². The third-order valence-corrected chi connectivity index (χ3v) is 6.23. The van der Waals surface area contributed by atoms with Crippen molar-refractivity contribution in [2.45, 2.75) is 29.4 Å². The lowest BCUT2D eigenvalue weighted by atomic mass is 9.93. The fraction of sp³-hybridized carbons (Fsp3) is 0.333. The molecule has 0 spiro atoms. The first-order valence-electron chi connectivity index (χ1n) is 7.44. The molecular formula is C18H20BrNS. The van der Waals surface area contributed by atoms with Crippen LogP contribution in [0.2, 0.25) is 0 Å². The van der Waals surface area contributed by atoms with E-state index < -0.39 is 0 Å². The summed E-state index contributed by atoms with van der Waals surface area (Å²) in [5.41, 5.74) is 8.90. The van der Waals surface area contributed by atoms with Gasteiger partial charge in [0.05, 0.1) is 0 Å². The van der Waals surface area contributed by atoms with E-state index in [1.54, 1.807) is 0 Å². The van der Waals surface area contributed by atoms with Crippen LogP contribution in [0.3, 0.4) is 0 Å². The largest absolute Gasteiger partial charge is 0.330 e. The molecule has 0 radical (unpaired) electrons. The normalized spacial score (nSPS) is 18.5. The maximum atomic E-state index is 6.03. The molecule has 1 heterocycles. The van der Waals surface area contributed by atoms with Crippen molar-refractivity contribution in [3.05, 3.63) is 64.1 Å². The SMILES string of the molecule is NCC(Cc1ccccc1Br)CC1Cc2ccccc2S1. The van der Waals surface area contributed by atoms with E-state index in [2.05, 4.69) is 64.5 Å². The molecular weight excluding hydrogens is 342 g/mol. The first-order chi connectivity index (χ1) is 10.3. The van der Waals surface area contributed by atoms with E-state index in [1.807, 2.05) is 11.8 Å². The van der Waals surface area contributed by atoms with Crippen molar-refractivity contribution in [1.29, 1.82) is 0 Å². The molecule has 0 aromatic heterocycles. The Labute approximate surface area is 139 Å². The monoisotopic (exact) mass is 361 g/mol. The van der Waals surface area contributed by atoms with Gasteiger partial charge in [-0.25, -0.2) is 0 Å². The molecule has 2 aromatic carbocycles. The van der Waals surface area contributed by atoms with E-state index in [-0.39, 0.29) is 0 Å². The highest BCUT2D eigenvalue weighted by Crippen LogP contribution is 2.40. The fourth-order valence-corrected chi connectivity index (χ4v) is 4.89. The molecule has 1 nitrogen and oxygen atoms in total. The zero-order chi connectivity index (χ0) is 14.7. The number of thioether (sulfide) groups is 1. The summed E-state index contributed by atoms with van der Waals surface area (Å²) in [5.74, 6) is 0.551. The van der Waals surface area contributed by atoms with Crippen molar-refractivity contribution < 1.29 is 0 Å². The summed E-state index contributed by atoms with van der Waals surface area (Å²) in [5, 5.41) is 0.679. The fourth-order valence-electron chi connectivity index (χ4n) is 3.00. The highest BCUT2D eigenvalue weighted by molar-refractivity contribution is 9.10. The van der Waals surface area contributed by atoms with Gasteiger partial charge in [-0.1, -0.05) is 52.3 Å². The van der Waals surface area contributed by atoms with Gasteiger partial charge in [0.2, 0.25) is 0 Å². The van der Waals surface area contributed by atoms with Gasteiger partial charge in [0.15, 0.2) is 0 Å². The number of hydrogen-bond acceptors (Lipinski definition) is 2. The van der Waals surface area contributed by atoms with Crippen LogP contribution in [-0.2, 0) is 12.8 Å². The Kier molecular flexibility index (Phi) is 5.04. The van der Waals surface area contributed by atoms with Gasteiger partial charge in [-0.2, -0.15) is 0 Å². The molecule has 2 aromatic rings. The Morgan fingerprint density at radius 1 is 1.14 bits per heavy atom. The van der Waals surface area contributed by atoms with Crippen molar-refractivity contribution in [1.82, 2.24) is 0 Å². The molecule has 21 heavy (non-hydrogen) atoms. The van der Waals surface area contributed by atoms with Crippen LogP contribution >= 0.6 is 27.7 Å². The smallest absolute Gasteiger partial charge is 0.0207 e. The van der Waals surface area contributed by atoms with Crippen molar-refractivity contribution in [2.75, 3.05) is 6.54 Å². The Morgan fingerprint density at radius 3 is 2.67 bits per heavy atom. The van der Waals surface area contributed by atoms with E-state index in [0.717, 1.165) is 13.0 Å².